The molecule has 94 valence electrons. The Morgan fingerprint density at radius 3 is 2.62 bits per heavy atom. The summed E-state index contributed by atoms with van der Waals surface area (Å²) in [5, 5.41) is 9.33. The van der Waals surface area contributed by atoms with Gasteiger partial charge in [-0.2, -0.15) is 0 Å². The van der Waals surface area contributed by atoms with Crippen LogP contribution in [0.5, 0.6) is 0 Å². The lowest BCUT2D eigenvalue weighted by molar-refractivity contribution is -0.00893. The molecule has 0 aliphatic carbocycles. The monoisotopic (exact) mass is 229 g/mol. The highest BCUT2D eigenvalue weighted by atomic mass is 16.6. The molecule has 0 aromatic rings. The normalized spacial score (nSPS) is 26.7. The van der Waals surface area contributed by atoms with Crippen LogP contribution in [0.3, 0.4) is 0 Å². The molecule has 1 amide bonds. The van der Waals surface area contributed by atoms with Crippen molar-refractivity contribution in [3.8, 4) is 0 Å². The van der Waals surface area contributed by atoms with E-state index in [0.717, 1.165) is 12.8 Å². The molecule has 1 fully saturated rings. The zero-order chi connectivity index (χ0) is 12.3. The average molecular weight is 229 g/mol. The minimum Gasteiger partial charge on any atom is -0.444 e. The van der Waals surface area contributed by atoms with Crippen molar-refractivity contribution in [1.29, 1.82) is 0 Å². The van der Waals surface area contributed by atoms with Gasteiger partial charge < -0.3 is 14.7 Å². The summed E-state index contributed by atoms with van der Waals surface area (Å²) in [6.45, 7) is 8.33. The number of ether oxygens (including phenoxy) is 1. The average Bonchev–Trinajstić information content (AvgIpc) is 2.14. The molecule has 1 aliphatic rings. The Labute approximate surface area is 97.6 Å². The summed E-state index contributed by atoms with van der Waals surface area (Å²) in [5.41, 5.74) is -0.474. The van der Waals surface area contributed by atoms with Crippen molar-refractivity contribution in [3.05, 3.63) is 0 Å². The van der Waals surface area contributed by atoms with Crippen LogP contribution in [0.1, 0.15) is 40.5 Å². The molecule has 0 spiro atoms. The van der Waals surface area contributed by atoms with Crippen molar-refractivity contribution >= 4 is 6.09 Å². The summed E-state index contributed by atoms with van der Waals surface area (Å²) < 4.78 is 5.33. The molecular formula is C12H23NO3. The predicted molar refractivity (Wildman–Crippen MR) is 62.2 cm³/mol. The fourth-order valence-corrected chi connectivity index (χ4v) is 2.07. The van der Waals surface area contributed by atoms with E-state index >= 15 is 0 Å². The highest BCUT2D eigenvalue weighted by Crippen LogP contribution is 2.24. The van der Waals surface area contributed by atoms with E-state index in [9.17, 15) is 9.90 Å². The summed E-state index contributed by atoms with van der Waals surface area (Å²) in [4.78, 5) is 13.6. The van der Waals surface area contributed by atoms with Crippen molar-refractivity contribution in [2.45, 2.75) is 52.2 Å². The van der Waals surface area contributed by atoms with Crippen LogP contribution < -0.4 is 0 Å². The van der Waals surface area contributed by atoms with Gasteiger partial charge in [-0.15, -0.1) is 0 Å². The van der Waals surface area contributed by atoms with E-state index in [-0.39, 0.29) is 18.7 Å². The van der Waals surface area contributed by atoms with Gasteiger partial charge in [-0.25, -0.2) is 4.79 Å². The molecular weight excluding hydrogens is 206 g/mol. The van der Waals surface area contributed by atoms with Gasteiger partial charge in [0.25, 0.3) is 0 Å². The Bertz CT molecular complexity index is 247. The van der Waals surface area contributed by atoms with Gasteiger partial charge in [0, 0.05) is 6.54 Å². The summed E-state index contributed by atoms with van der Waals surface area (Å²) >= 11 is 0. The van der Waals surface area contributed by atoms with Crippen LogP contribution >= 0.6 is 0 Å². The molecule has 0 aromatic carbocycles. The van der Waals surface area contributed by atoms with E-state index in [1.165, 1.54) is 0 Å². The largest absolute Gasteiger partial charge is 0.444 e. The molecule has 0 aromatic heterocycles. The molecule has 0 unspecified atom stereocenters. The lowest BCUT2D eigenvalue weighted by Crippen LogP contribution is -2.51. The standard InChI is InChI=1S/C12H23NO3/c1-9-6-5-7-13(10(9)8-14)11(15)16-12(2,3)4/h9-10,14H,5-8H2,1-4H3/t9-,10-/m1/s1. The van der Waals surface area contributed by atoms with Gasteiger partial charge in [0.15, 0.2) is 0 Å². The van der Waals surface area contributed by atoms with Crippen LogP contribution in [0, 0.1) is 5.92 Å². The smallest absolute Gasteiger partial charge is 0.410 e. The van der Waals surface area contributed by atoms with Crippen molar-refractivity contribution in [2.24, 2.45) is 5.92 Å². The number of piperidine rings is 1. The van der Waals surface area contributed by atoms with Gasteiger partial charge in [0.05, 0.1) is 12.6 Å². The quantitative estimate of drug-likeness (QED) is 0.748. The zero-order valence-electron chi connectivity index (χ0n) is 10.7. The number of aliphatic hydroxyl groups excluding tert-OH is 1. The first-order valence-electron chi connectivity index (χ1n) is 5.95. The molecule has 0 radical (unpaired) electrons. The second-order valence-corrected chi connectivity index (χ2v) is 5.54. The molecule has 1 saturated heterocycles. The van der Waals surface area contributed by atoms with Crippen LogP contribution in [0.4, 0.5) is 4.79 Å². The molecule has 1 heterocycles. The van der Waals surface area contributed by atoms with Crippen LogP contribution in [0.25, 0.3) is 0 Å². The fraction of sp³-hybridized carbons (Fsp3) is 0.917. The predicted octanol–water partition coefficient (Wildman–Crippen LogP) is 2.01. The number of amides is 1. The van der Waals surface area contributed by atoms with Gasteiger partial charge in [0.2, 0.25) is 0 Å². The topological polar surface area (TPSA) is 49.8 Å². The molecule has 1 aliphatic heterocycles. The van der Waals surface area contributed by atoms with Crippen molar-refractivity contribution < 1.29 is 14.6 Å². The summed E-state index contributed by atoms with van der Waals surface area (Å²) in [6, 6.07) is -0.0939. The third-order valence-electron chi connectivity index (χ3n) is 2.93. The minimum atomic E-state index is -0.474. The van der Waals surface area contributed by atoms with Gasteiger partial charge in [-0.05, 0) is 39.5 Å². The second-order valence-electron chi connectivity index (χ2n) is 5.54. The first-order chi connectivity index (χ1) is 7.35. The molecule has 2 atom stereocenters. The maximum absolute atomic E-state index is 11.9. The number of aliphatic hydroxyl groups is 1. The summed E-state index contributed by atoms with van der Waals surface area (Å²) in [6.07, 6.45) is 1.74. The Hall–Kier alpha value is -0.770. The maximum Gasteiger partial charge on any atom is 0.410 e. The molecule has 1 N–H and O–H groups in total. The van der Waals surface area contributed by atoms with Gasteiger partial charge >= 0.3 is 6.09 Å². The zero-order valence-corrected chi connectivity index (χ0v) is 10.7. The number of likely N-dealkylation sites (tertiary alicyclic amines) is 1. The Morgan fingerprint density at radius 2 is 2.12 bits per heavy atom. The lowest BCUT2D eigenvalue weighted by Gasteiger charge is -2.39. The molecule has 4 heteroatoms. The first kappa shape index (κ1) is 13.3. The summed E-state index contributed by atoms with van der Waals surface area (Å²) in [5.74, 6) is 0.339. The number of hydrogen-bond donors (Lipinski definition) is 1. The Morgan fingerprint density at radius 1 is 1.50 bits per heavy atom. The van der Waals surface area contributed by atoms with E-state index in [1.54, 1.807) is 4.90 Å². The number of carbonyl (C=O) groups excluding carboxylic acids is 1. The molecule has 16 heavy (non-hydrogen) atoms. The van der Waals surface area contributed by atoms with E-state index in [4.69, 9.17) is 4.74 Å². The molecule has 0 saturated carbocycles. The second kappa shape index (κ2) is 5.04. The Balaban J connectivity index is 2.66. The van der Waals surface area contributed by atoms with Crippen LogP contribution in [-0.4, -0.2) is 40.9 Å². The lowest BCUT2D eigenvalue weighted by atomic mass is 9.92. The van der Waals surface area contributed by atoms with Crippen molar-refractivity contribution in [3.63, 3.8) is 0 Å². The fourth-order valence-electron chi connectivity index (χ4n) is 2.07. The minimum absolute atomic E-state index is 0.0143. The van der Waals surface area contributed by atoms with Gasteiger partial charge in [-0.1, -0.05) is 6.92 Å². The van der Waals surface area contributed by atoms with Crippen molar-refractivity contribution in [2.75, 3.05) is 13.2 Å². The molecule has 4 nitrogen and oxygen atoms in total. The molecule has 0 bridgehead atoms. The third-order valence-corrected chi connectivity index (χ3v) is 2.93. The van der Waals surface area contributed by atoms with Crippen LogP contribution in [0.2, 0.25) is 0 Å². The van der Waals surface area contributed by atoms with E-state index in [2.05, 4.69) is 6.92 Å². The number of carbonyl (C=O) groups is 1. The third kappa shape index (κ3) is 3.37. The van der Waals surface area contributed by atoms with E-state index < -0.39 is 5.60 Å². The highest BCUT2D eigenvalue weighted by molar-refractivity contribution is 5.68. The number of rotatable bonds is 1. The molecule has 1 rings (SSSR count). The van der Waals surface area contributed by atoms with Crippen LogP contribution in [0.15, 0.2) is 0 Å². The SMILES string of the molecule is C[C@@H]1CCCN(C(=O)OC(C)(C)C)[C@@H]1CO. The van der Waals surface area contributed by atoms with E-state index in [1.807, 2.05) is 20.8 Å². The maximum atomic E-state index is 11.9. The van der Waals surface area contributed by atoms with Gasteiger partial charge in [0.1, 0.15) is 5.60 Å². The summed E-state index contributed by atoms with van der Waals surface area (Å²) in [7, 11) is 0. The van der Waals surface area contributed by atoms with E-state index in [0.29, 0.717) is 12.5 Å². The van der Waals surface area contributed by atoms with Crippen molar-refractivity contribution in [1.82, 2.24) is 4.90 Å². The first-order valence-corrected chi connectivity index (χ1v) is 5.95. The van der Waals surface area contributed by atoms with Gasteiger partial charge in [-0.3, -0.25) is 0 Å². The van der Waals surface area contributed by atoms with Crippen LogP contribution in [-0.2, 0) is 4.74 Å². The Kier molecular flexibility index (Phi) is 4.19. The number of hydrogen-bond acceptors (Lipinski definition) is 3. The number of nitrogens with zero attached hydrogens (tertiary/aromatic N) is 1. The highest BCUT2D eigenvalue weighted by Gasteiger charge is 2.33.